The summed E-state index contributed by atoms with van der Waals surface area (Å²) in [7, 11) is -1.01. The topological polar surface area (TPSA) is 99.5 Å². The largest absolute Gasteiger partial charge is 0.366 e. The maximum Gasteiger partial charge on any atom is 0.250 e. The zero-order chi connectivity index (χ0) is 26.6. The lowest BCUT2D eigenvalue weighted by molar-refractivity contribution is 0.100. The highest BCUT2D eigenvalue weighted by atomic mass is 32.2. The van der Waals surface area contributed by atoms with Crippen LogP contribution in [0.2, 0.25) is 0 Å². The third-order valence-electron chi connectivity index (χ3n) is 7.62. The molecular weight excluding hydrogens is 484 g/mol. The summed E-state index contributed by atoms with van der Waals surface area (Å²) in [6.07, 6.45) is 7.17. The predicted octanol–water partition coefficient (Wildman–Crippen LogP) is 5.08. The number of hydrogen-bond acceptors (Lipinski definition) is 4. The van der Waals surface area contributed by atoms with Crippen LogP contribution in [0.15, 0.2) is 42.6 Å². The molecule has 7 nitrogen and oxygen atoms in total. The lowest BCUT2D eigenvalue weighted by atomic mass is 9.88. The molecule has 1 saturated heterocycles. The van der Waals surface area contributed by atoms with E-state index in [1.165, 1.54) is 24.8 Å². The first-order valence-electron chi connectivity index (χ1n) is 13.4. The predicted molar refractivity (Wildman–Crippen MR) is 151 cm³/mol. The van der Waals surface area contributed by atoms with Crippen molar-refractivity contribution in [2.45, 2.75) is 58.4 Å². The second-order valence-electron chi connectivity index (χ2n) is 10.3. The summed E-state index contributed by atoms with van der Waals surface area (Å²) in [5, 5.41) is 0.989. The number of carbonyl (C=O) groups is 1. The highest BCUT2D eigenvalue weighted by Gasteiger charge is 2.29. The van der Waals surface area contributed by atoms with E-state index in [-0.39, 0.29) is 11.7 Å². The Morgan fingerprint density at radius 2 is 1.78 bits per heavy atom. The van der Waals surface area contributed by atoms with E-state index in [0.717, 1.165) is 53.5 Å². The van der Waals surface area contributed by atoms with Crippen LogP contribution in [0.3, 0.4) is 0 Å². The Bertz CT molecular complexity index is 1320. The number of H-pyrrole nitrogens is 1. The average molecular weight is 525 g/mol. The summed E-state index contributed by atoms with van der Waals surface area (Å²) in [6.45, 7) is 6.94. The number of primary amides is 1. The Morgan fingerprint density at radius 3 is 2.41 bits per heavy atom. The molecule has 3 N–H and O–H groups in total. The summed E-state index contributed by atoms with van der Waals surface area (Å²) >= 11 is 0. The lowest BCUT2D eigenvalue weighted by Gasteiger charge is -2.31. The van der Waals surface area contributed by atoms with Crippen molar-refractivity contribution in [1.29, 1.82) is 0 Å². The molecule has 3 aromatic rings. The number of piperidine rings is 1. The third kappa shape index (κ3) is 6.25. The monoisotopic (exact) mass is 524 g/mol. The van der Waals surface area contributed by atoms with Gasteiger partial charge in [-0.25, -0.2) is 12.7 Å². The molecular formula is C29H40N4O3S. The minimum Gasteiger partial charge on any atom is -0.366 e. The molecule has 0 atom stereocenters. The molecule has 4 rings (SSSR count). The Hall–Kier alpha value is -2.68. The quantitative estimate of drug-likeness (QED) is 0.342. The molecule has 0 bridgehead atoms. The molecule has 1 aromatic heterocycles. The van der Waals surface area contributed by atoms with E-state index < -0.39 is 15.9 Å². The van der Waals surface area contributed by atoms with Gasteiger partial charge in [-0.1, -0.05) is 44.0 Å². The molecule has 200 valence electrons. The van der Waals surface area contributed by atoms with Gasteiger partial charge in [-0.2, -0.15) is 0 Å². The van der Waals surface area contributed by atoms with Crippen LogP contribution in [-0.2, 0) is 16.6 Å². The smallest absolute Gasteiger partial charge is 0.250 e. The van der Waals surface area contributed by atoms with Gasteiger partial charge in [0.25, 0.3) is 5.91 Å². The van der Waals surface area contributed by atoms with E-state index in [1.54, 1.807) is 11.2 Å². The van der Waals surface area contributed by atoms with Gasteiger partial charge in [0, 0.05) is 31.2 Å². The maximum atomic E-state index is 12.4. The maximum absolute atomic E-state index is 12.4. The van der Waals surface area contributed by atoms with E-state index in [0.29, 0.717) is 18.7 Å². The van der Waals surface area contributed by atoms with E-state index in [1.807, 2.05) is 12.3 Å². The number of fused-ring (bicyclic) bond motifs is 1. The van der Waals surface area contributed by atoms with Gasteiger partial charge in [-0.05, 0) is 80.1 Å². The van der Waals surface area contributed by atoms with Gasteiger partial charge in [0.15, 0.2) is 0 Å². The second kappa shape index (κ2) is 11.8. The number of sulfonamides is 1. The van der Waals surface area contributed by atoms with Crippen LogP contribution in [0.25, 0.3) is 22.0 Å². The highest BCUT2D eigenvalue weighted by molar-refractivity contribution is 7.89. The molecule has 1 fully saturated rings. The van der Waals surface area contributed by atoms with Crippen LogP contribution in [0, 0.1) is 0 Å². The van der Waals surface area contributed by atoms with Crippen molar-refractivity contribution in [3.63, 3.8) is 0 Å². The van der Waals surface area contributed by atoms with E-state index in [4.69, 9.17) is 5.73 Å². The minimum absolute atomic E-state index is 0.129. The van der Waals surface area contributed by atoms with Crippen molar-refractivity contribution in [3.05, 3.63) is 59.3 Å². The molecule has 2 heterocycles. The van der Waals surface area contributed by atoms with Crippen molar-refractivity contribution >= 4 is 26.8 Å². The molecule has 0 spiro atoms. The van der Waals surface area contributed by atoms with Gasteiger partial charge in [0.05, 0.1) is 16.8 Å². The summed E-state index contributed by atoms with van der Waals surface area (Å²) in [6, 6.07) is 12.5. The Morgan fingerprint density at radius 1 is 1.08 bits per heavy atom. The summed E-state index contributed by atoms with van der Waals surface area (Å²) in [4.78, 5) is 18.0. The molecule has 1 aliphatic rings. The molecule has 8 heteroatoms. The highest BCUT2D eigenvalue weighted by Crippen LogP contribution is 2.37. The average Bonchev–Trinajstić information content (AvgIpc) is 3.32. The molecule has 0 unspecified atom stereocenters. The number of aromatic nitrogens is 1. The SMILES string of the molecule is CCCCCN(C)Cc1ccc(-c2cc(C(N)=O)c3[nH]cc(C4CCN(S(=O)(=O)CC)CC4)c3c2)cc1. The molecule has 1 aliphatic heterocycles. The van der Waals surface area contributed by atoms with Gasteiger partial charge in [0.2, 0.25) is 10.0 Å². The Labute approximate surface area is 221 Å². The van der Waals surface area contributed by atoms with Crippen LogP contribution in [-0.4, -0.2) is 60.9 Å². The van der Waals surface area contributed by atoms with Crippen LogP contribution >= 0.6 is 0 Å². The molecule has 0 saturated carbocycles. The second-order valence-corrected chi connectivity index (χ2v) is 12.5. The first-order valence-corrected chi connectivity index (χ1v) is 15.0. The van der Waals surface area contributed by atoms with Crippen LogP contribution < -0.4 is 5.73 Å². The summed E-state index contributed by atoms with van der Waals surface area (Å²) < 4.78 is 26.2. The zero-order valence-electron chi connectivity index (χ0n) is 22.3. The van der Waals surface area contributed by atoms with E-state index >= 15 is 0 Å². The van der Waals surface area contributed by atoms with Crippen LogP contribution in [0.4, 0.5) is 0 Å². The summed E-state index contributed by atoms with van der Waals surface area (Å²) in [5.41, 5.74) is 11.4. The fraction of sp³-hybridized carbons (Fsp3) is 0.483. The number of aromatic amines is 1. The normalized spacial score (nSPS) is 15.6. The number of nitrogens with one attached hydrogen (secondary N) is 1. The van der Waals surface area contributed by atoms with Crippen molar-refractivity contribution in [2.24, 2.45) is 5.73 Å². The van der Waals surface area contributed by atoms with Crippen molar-refractivity contribution < 1.29 is 13.2 Å². The Balaban J connectivity index is 1.58. The lowest BCUT2D eigenvalue weighted by Crippen LogP contribution is -2.38. The number of unbranched alkanes of at least 4 members (excludes halogenated alkanes) is 2. The summed E-state index contributed by atoms with van der Waals surface area (Å²) in [5.74, 6) is -0.114. The number of rotatable bonds is 11. The fourth-order valence-corrected chi connectivity index (χ4v) is 6.54. The first-order chi connectivity index (χ1) is 17.7. The van der Waals surface area contributed by atoms with Crippen LogP contribution in [0.1, 0.15) is 73.4 Å². The van der Waals surface area contributed by atoms with Crippen molar-refractivity contribution in [3.8, 4) is 11.1 Å². The van der Waals surface area contributed by atoms with Crippen LogP contribution in [0.5, 0.6) is 0 Å². The van der Waals surface area contributed by atoms with E-state index in [2.05, 4.69) is 54.2 Å². The Kier molecular flexibility index (Phi) is 8.72. The number of carbonyl (C=O) groups excluding carboxylic acids is 1. The number of hydrogen-bond donors (Lipinski definition) is 2. The molecule has 2 aromatic carbocycles. The van der Waals surface area contributed by atoms with Gasteiger partial charge >= 0.3 is 0 Å². The molecule has 1 amide bonds. The van der Waals surface area contributed by atoms with Gasteiger partial charge in [0.1, 0.15) is 0 Å². The number of amides is 1. The molecule has 37 heavy (non-hydrogen) atoms. The number of benzene rings is 2. The van der Waals surface area contributed by atoms with Gasteiger partial charge in [-0.15, -0.1) is 0 Å². The first kappa shape index (κ1) is 27.4. The fourth-order valence-electron chi connectivity index (χ4n) is 5.40. The van der Waals surface area contributed by atoms with E-state index in [9.17, 15) is 13.2 Å². The minimum atomic E-state index is -3.17. The van der Waals surface area contributed by atoms with Gasteiger partial charge < -0.3 is 15.6 Å². The standard InChI is InChI=1S/C29H40N4O3S/c1-4-6-7-14-32(3)20-21-8-10-22(11-9-21)24-17-25-27(19-31-28(25)26(18-24)29(30)34)23-12-15-33(16-13-23)37(35,36)5-2/h8-11,17-19,23,31H,4-7,12-16,20H2,1-3H3,(H2,30,34). The number of nitrogens with zero attached hydrogens (tertiary/aromatic N) is 2. The van der Waals surface area contributed by atoms with Gasteiger partial charge in [-0.3, -0.25) is 4.79 Å². The zero-order valence-corrected chi connectivity index (χ0v) is 23.1. The molecule has 0 radical (unpaired) electrons. The third-order valence-corrected chi connectivity index (χ3v) is 9.50. The van der Waals surface area contributed by atoms with Crippen molar-refractivity contribution in [1.82, 2.24) is 14.2 Å². The molecule has 0 aliphatic carbocycles. The number of nitrogens with two attached hydrogens (primary N) is 1. The van der Waals surface area contributed by atoms with Crippen molar-refractivity contribution in [2.75, 3.05) is 32.4 Å².